The lowest BCUT2D eigenvalue weighted by atomic mass is 9.99. The number of fused-ring (bicyclic) bond motifs is 6. The number of nitrogens with zero attached hydrogens (tertiary/aromatic N) is 5. The molecule has 0 saturated carbocycles. The number of hydrogen-bond acceptors (Lipinski definition) is 7. The van der Waals surface area contributed by atoms with Gasteiger partial charge in [0.25, 0.3) is 0 Å². The Labute approximate surface area is 253 Å². The Bertz CT molecular complexity index is 2180. The van der Waals surface area contributed by atoms with E-state index in [1.165, 1.54) is 17.4 Å². The number of aliphatic hydroxyl groups excluding tert-OH is 1. The molecule has 5 heterocycles. The van der Waals surface area contributed by atoms with E-state index in [2.05, 4.69) is 15.0 Å². The van der Waals surface area contributed by atoms with Gasteiger partial charge in [-0.2, -0.15) is 5.10 Å². The van der Waals surface area contributed by atoms with E-state index in [1.807, 2.05) is 43.6 Å². The molecule has 0 unspecified atom stereocenters. The largest absolute Gasteiger partial charge is 0.456 e. The Kier molecular flexibility index (Phi) is 6.80. The van der Waals surface area contributed by atoms with Crippen LogP contribution in [0.25, 0.3) is 55.8 Å². The fourth-order valence-corrected chi connectivity index (χ4v) is 6.61. The number of benzene rings is 2. The number of rotatable bonds is 8. The molecule has 44 heavy (non-hydrogen) atoms. The average Bonchev–Trinajstić information content (AvgIpc) is 3.72. The van der Waals surface area contributed by atoms with Gasteiger partial charge in [-0.05, 0) is 49.4 Å². The van der Waals surface area contributed by atoms with E-state index >= 15 is 0 Å². The van der Waals surface area contributed by atoms with E-state index in [0.29, 0.717) is 53.3 Å². The summed E-state index contributed by atoms with van der Waals surface area (Å²) in [7, 11) is -0.288. The first-order valence-corrected chi connectivity index (χ1v) is 16.1. The second-order valence-corrected chi connectivity index (χ2v) is 13.1. The summed E-state index contributed by atoms with van der Waals surface area (Å²) in [5.74, 6) is 0.327. The number of aryl methyl sites for hydroxylation is 2. The predicted octanol–water partition coefficient (Wildman–Crippen LogP) is 4.78. The van der Waals surface area contributed by atoms with Crippen LogP contribution in [0.5, 0.6) is 0 Å². The maximum atomic E-state index is 14.7. The van der Waals surface area contributed by atoms with Gasteiger partial charge in [0, 0.05) is 54.3 Å². The summed E-state index contributed by atoms with van der Waals surface area (Å²) in [5, 5.41) is 18.2. The zero-order valence-corrected chi connectivity index (χ0v) is 25.3. The summed E-state index contributed by atoms with van der Waals surface area (Å²) in [5.41, 5.74) is 7.21. The molecule has 0 atom stereocenters. The normalized spacial score (nSPS) is 13.0. The summed E-state index contributed by atoms with van der Waals surface area (Å²) >= 11 is 0. The Morgan fingerprint density at radius 2 is 2.00 bits per heavy atom. The predicted molar refractivity (Wildman–Crippen MR) is 168 cm³/mol. The number of sulfonamides is 1. The highest BCUT2D eigenvalue weighted by molar-refractivity contribution is 7.92. The van der Waals surface area contributed by atoms with Crippen molar-refractivity contribution in [2.75, 3.05) is 31.3 Å². The molecule has 0 spiro atoms. The molecule has 1 aliphatic rings. The maximum absolute atomic E-state index is 14.7. The Balaban J connectivity index is 1.45. The first kappa shape index (κ1) is 28.3. The van der Waals surface area contributed by atoms with Gasteiger partial charge in [0.1, 0.15) is 17.2 Å². The summed E-state index contributed by atoms with van der Waals surface area (Å²) in [6.45, 7) is 1.51. The van der Waals surface area contributed by atoms with E-state index in [9.17, 15) is 17.9 Å². The standard InChI is InChI=1S/C32H31FN6O4S/c1-34-17-24-21-13-23(26-8-7-19-9-10-39-27-6-4-5-25(33)22(27)14-29(39)31(19)36-26)28(37(2)44(3,41)42)15-30(21)43-32(24)20-16-35-38(18-20)11-12-40/h4-8,13-16,18,34,40H,9-12,17H2,1-3H3. The molecule has 226 valence electrons. The number of nitrogens with one attached hydrogen (secondary N) is 1. The van der Waals surface area contributed by atoms with Crippen LogP contribution in [0.2, 0.25) is 0 Å². The molecule has 6 aromatic rings. The van der Waals surface area contributed by atoms with Gasteiger partial charge in [-0.25, -0.2) is 17.8 Å². The third kappa shape index (κ3) is 4.57. The van der Waals surface area contributed by atoms with Crippen LogP contribution in [0.4, 0.5) is 10.1 Å². The van der Waals surface area contributed by atoms with Gasteiger partial charge < -0.3 is 19.4 Å². The summed E-state index contributed by atoms with van der Waals surface area (Å²) in [6.07, 6.45) is 5.39. The molecular weight excluding hydrogens is 583 g/mol. The van der Waals surface area contributed by atoms with Crippen molar-refractivity contribution >= 4 is 37.6 Å². The molecule has 2 N–H and O–H groups in total. The molecule has 4 aromatic heterocycles. The molecule has 0 radical (unpaired) electrons. The molecule has 10 nitrogen and oxygen atoms in total. The Morgan fingerprint density at radius 1 is 1.16 bits per heavy atom. The van der Waals surface area contributed by atoms with E-state index in [1.54, 1.807) is 23.0 Å². The number of furan rings is 1. The highest BCUT2D eigenvalue weighted by Crippen LogP contribution is 2.42. The number of anilines is 1. The van der Waals surface area contributed by atoms with E-state index in [-0.39, 0.29) is 12.4 Å². The molecule has 0 fully saturated rings. The number of hydrogen-bond donors (Lipinski definition) is 2. The summed E-state index contributed by atoms with van der Waals surface area (Å²) in [6, 6.07) is 14.5. The molecule has 0 saturated heterocycles. The lowest BCUT2D eigenvalue weighted by molar-refractivity contribution is 0.269. The monoisotopic (exact) mass is 614 g/mol. The highest BCUT2D eigenvalue weighted by Gasteiger charge is 2.26. The van der Waals surface area contributed by atoms with Crippen molar-refractivity contribution in [3.05, 3.63) is 77.9 Å². The van der Waals surface area contributed by atoms with E-state index < -0.39 is 10.0 Å². The van der Waals surface area contributed by atoms with Crippen molar-refractivity contribution in [1.29, 1.82) is 0 Å². The van der Waals surface area contributed by atoms with Crippen LogP contribution in [-0.4, -0.2) is 59.8 Å². The molecule has 0 bridgehead atoms. The zero-order valence-electron chi connectivity index (χ0n) is 24.5. The third-order valence-corrected chi connectivity index (χ3v) is 9.51. The minimum absolute atomic E-state index is 0.0430. The zero-order chi connectivity index (χ0) is 30.7. The second-order valence-electron chi connectivity index (χ2n) is 11.1. The van der Waals surface area contributed by atoms with Crippen LogP contribution in [-0.2, 0) is 36.1 Å². The SMILES string of the molecule is CNCc1c(-c2cnn(CCO)c2)oc2cc(N(C)S(C)(=O)=O)c(-c3ccc4c(n3)-c3cc5c(F)cccc5n3CC4)cc12. The van der Waals surface area contributed by atoms with Crippen LogP contribution in [0.3, 0.4) is 0 Å². The van der Waals surface area contributed by atoms with Gasteiger partial charge in [-0.15, -0.1) is 0 Å². The van der Waals surface area contributed by atoms with E-state index in [0.717, 1.165) is 51.7 Å². The van der Waals surface area contributed by atoms with Gasteiger partial charge >= 0.3 is 0 Å². The lowest BCUT2D eigenvalue weighted by Gasteiger charge is -2.23. The van der Waals surface area contributed by atoms with Gasteiger partial charge in [0.2, 0.25) is 10.0 Å². The van der Waals surface area contributed by atoms with Gasteiger partial charge in [-0.3, -0.25) is 8.99 Å². The van der Waals surface area contributed by atoms with E-state index in [4.69, 9.17) is 9.40 Å². The highest BCUT2D eigenvalue weighted by atomic mass is 32.2. The number of aliphatic hydroxyl groups is 1. The van der Waals surface area contributed by atoms with Crippen LogP contribution >= 0.6 is 0 Å². The summed E-state index contributed by atoms with van der Waals surface area (Å²) < 4.78 is 51.7. The van der Waals surface area contributed by atoms with Crippen molar-refractivity contribution in [1.82, 2.24) is 24.6 Å². The maximum Gasteiger partial charge on any atom is 0.232 e. The first-order valence-electron chi connectivity index (χ1n) is 14.3. The minimum atomic E-state index is -3.64. The Hall–Kier alpha value is -4.52. The van der Waals surface area contributed by atoms with Crippen LogP contribution < -0.4 is 9.62 Å². The number of pyridine rings is 1. The lowest BCUT2D eigenvalue weighted by Crippen LogP contribution is -2.25. The number of halogens is 1. The Morgan fingerprint density at radius 3 is 2.77 bits per heavy atom. The quantitative estimate of drug-likeness (QED) is 0.253. The van der Waals surface area contributed by atoms with Crippen LogP contribution in [0.1, 0.15) is 11.1 Å². The van der Waals surface area contributed by atoms with Gasteiger partial charge in [-0.1, -0.05) is 12.1 Å². The van der Waals surface area contributed by atoms with Crippen molar-refractivity contribution in [2.24, 2.45) is 0 Å². The first-order chi connectivity index (χ1) is 21.2. The molecule has 1 aliphatic heterocycles. The average molecular weight is 615 g/mol. The number of aromatic nitrogens is 4. The second kappa shape index (κ2) is 10.6. The van der Waals surface area contributed by atoms with Crippen molar-refractivity contribution in [3.63, 3.8) is 0 Å². The smallest absolute Gasteiger partial charge is 0.232 e. The van der Waals surface area contributed by atoms with Crippen LogP contribution in [0, 0.1) is 5.82 Å². The van der Waals surface area contributed by atoms with Gasteiger partial charge in [0.05, 0.1) is 59.5 Å². The molecule has 7 rings (SSSR count). The molecule has 2 aromatic carbocycles. The van der Waals surface area contributed by atoms with Crippen molar-refractivity contribution in [2.45, 2.75) is 26.1 Å². The topological polar surface area (TPSA) is 118 Å². The van der Waals surface area contributed by atoms with Crippen molar-refractivity contribution < 1.29 is 22.3 Å². The summed E-state index contributed by atoms with van der Waals surface area (Å²) in [4.78, 5) is 5.10. The fourth-order valence-electron chi connectivity index (χ4n) is 6.10. The van der Waals surface area contributed by atoms with Crippen LogP contribution in [0.15, 0.2) is 65.3 Å². The van der Waals surface area contributed by atoms with Crippen molar-refractivity contribution in [3.8, 4) is 34.0 Å². The molecule has 0 amide bonds. The molecular formula is C32H31FN6O4S. The van der Waals surface area contributed by atoms with Gasteiger partial charge in [0.15, 0.2) is 0 Å². The third-order valence-electron chi connectivity index (χ3n) is 8.32. The minimum Gasteiger partial charge on any atom is -0.456 e. The molecule has 12 heteroatoms. The fraction of sp³-hybridized carbons (Fsp3) is 0.250. The molecule has 0 aliphatic carbocycles.